The largest absolute Gasteiger partial charge is 0.322 e. The smallest absolute Gasteiger partial charge is 0.239 e. The van der Waals surface area contributed by atoms with Gasteiger partial charge >= 0.3 is 0 Å². The van der Waals surface area contributed by atoms with Gasteiger partial charge < -0.3 is 5.32 Å². The molecule has 8 heteroatoms. The molecule has 0 spiro atoms. The lowest BCUT2D eigenvalue weighted by Crippen LogP contribution is -2.38. The van der Waals surface area contributed by atoms with Crippen LogP contribution in [-0.4, -0.2) is 38.0 Å². The van der Waals surface area contributed by atoms with Gasteiger partial charge in [0, 0.05) is 6.54 Å². The number of carbonyl (C=O) groups excluding carboxylic acids is 1. The number of nitrogens with one attached hydrogen (secondary N) is 1. The van der Waals surface area contributed by atoms with Crippen LogP contribution in [0.25, 0.3) is 0 Å². The molecule has 0 atom stereocenters. The van der Waals surface area contributed by atoms with E-state index in [0.29, 0.717) is 5.56 Å². The van der Waals surface area contributed by atoms with Crippen molar-refractivity contribution in [3.8, 4) is 0 Å². The summed E-state index contributed by atoms with van der Waals surface area (Å²) in [5.41, 5.74) is 0.320. The van der Waals surface area contributed by atoms with Crippen LogP contribution in [0, 0.1) is 11.6 Å². The zero-order valence-corrected chi connectivity index (χ0v) is 14.4. The highest BCUT2D eigenvalue weighted by Crippen LogP contribution is 2.13. The van der Waals surface area contributed by atoms with Crippen molar-refractivity contribution in [3.05, 3.63) is 65.7 Å². The minimum atomic E-state index is -3.69. The second-order valence-corrected chi connectivity index (χ2v) is 7.45. The Labute approximate surface area is 145 Å². The van der Waals surface area contributed by atoms with E-state index in [0.717, 1.165) is 10.6 Å². The van der Waals surface area contributed by atoms with Crippen LogP contribution in [0.4, 0.5) is 14.5 Å². The SMILES string of the molecule is CS(=O)(=O)N(CCc1ccccc1F)CC(=O)Nc1ccccc1F. The van der Waals surface area contributed by atoms with Crippen LogP contribution in [0.3, 0.4) is 0 Å². The van der Waals surface area contributed by atoms with E-state index in [1.54, 1.807) is 18.2 Å². The highest BCUT2D eigenvalue weighted by molar-refractivity contribution is 7.88. The van der Waals surface area contributed by atoms with E-state index < -0.39 is 34.1 Å². The Morgan fingerprint density at radius 2 is 1.64 bits per heavy atom. The maximum atomic E-state index is 13.6. The molecule has 0 bridgehead atoms. The number of anilines is 1. The van der Waals surface area contributed by atoms with Crippen LogP contribution in [0.1, 0.15) is 5.56 Å². The van der Waals surface area contributed by atoms with Gasteiger partial charge in [-0.25, -0.2) is 17.2 Å². The molecule has 2 aromatic carbocycles. The highest BCUT2D eigenvalue weighted by atomic mass is 32.2. The minimum absolute atomic E-state index is 0.0324. The third-order valence-electron chi connectivity index (χ3n) is 3.53. The van der Waals surface area contributed by atoms with E-state index in [1.807, 2.05) is 0 Å². The number of carbonyl (C=O) groups is 1. The van der Waals surface area contributed by atoms with Crippen molar-refractivity contribution >= 4 is 21.6 Å². The zero-order chi connectivity index (χ0) is 18.4. The van der Waals surface area contributed by atoms with Crippen molar-refractivity contribution < 1.29 is 22.0 Å². The highest BCUT2D eigenvalue weighted by Gasteiger charge is 2.21. The molecule has 1 amide bonds. The lowest BCUT2D eigenvalue weighted by Gasteiger charge is -2.19. The fraction of sp³-hybridized carbons (Fsp3) is 0.235. The van der Waals surface area contributed by atoms with Crippen LogP contribution in [0.2, 0.25) is 0 Å². The molecule has 0 aliphatic heterocycles. The van der Waals surface area contributed by atoms with Crippen molar-refractivity contribution in [1.29, 1.82) is 0 Å². The molecule has 2 aromatic rings. The third kappa shape index (κ3) is 5.61. The standard InChI is InChI=1S/C17H18F2N2O3S/c1-25(23,24)21(11-10-13-6-2-3-7-14(13)18)12-17(22)20-16-9-5-4-8-15(16)19/h2-9H,10-12H2,1H3,(H,20,22). The van der Waals surface area contributed by atoms with Gasteiger partial charge in [-0.05, 0) is 30.2 Å². The molecule has 0 fully saturated rings. The molecule has 134 valence electrons. The summed E-state index contributed by atoms with van der Waals surface area (Å²) >= 11 is 0. The molecule has 0 aliphatic carbocycles. The second-order valence-electron chi connectivity index (χ2n) is 5.47. The predicted octanol–water partition coefficient (Wildman–Crippen LogP) is 2.41. The van der Waals surface area contributed by atoms with Gasteiger partial charge in [-0.3, -0.25) is 4.79 Å². The summed E-state index contributed by atoms with van der Waals surface area (Å²) < 4.78 is 51.9. The quantitative estimate of drug-likeness (QED) is 0.816. The number of halogens is 2. The lowest BCUT2D eigenvalue weighted by molar-refractivity contribution is -0.116. The summed E-state index contributed by atoms with van der Waals surface area (Å²) in [6.45, 7) is -0.550. The predicted molar refractivity (Wildman–Crippen MR) is 91.6 cm³/mol. The van der Waals surface area contributed by atoms with Crippen LogP contribution >= 0.6 is 0 Å². The van der Waals surface area contributed by atoms with Crippen molar-refractivity contribution in [2.24, 2.45) is 0 Å². The van der Waals surface area contributed by atoms with E-state index in [1.165, 1.54) is 30.3 Å². The topological polar surface area (TPSA) is 66.5 Å². The summed E-state index contributed by atoms with van der Waals surface area (Å²) in [4.78, 5) is 12.0. The van der Waals surface area contributed by atoms with E-state index in [9.17, 15) is 22.0 Å². The summed E-state index contributed by atoms with van der Waals surface area (Å²) in [5, 5.41) is 2.33. The average Bonchev–Trinajstić information content (AvgIpc) is 2.54. The Morgan fingerprint density at radius 1 is 1.04 bits per heavy atom. The number of amides is 1. The fourth-order valence-corrected chi connectivity index (χ4v) is 3.00. The Kier molecular flexibility index (Phi) is 6.22. The van der Waals surface area contributed by atoms with Gasteiger partial charge in [0.25, 0.3) is 0 Å². The summed E-state index contributed by atoms with van der Waals surface area (Å²) in [5.74, 6) is -1.73. The Balaban J connectivity index is 2.04. The lowest BCUT2D eigenvalue weighted by atomic mass is 10.1. The van der Waals surface area contributed by atoms with Gasteiger partial charge in [-0.15, -0.1) is 0 Å². The maximum absolute atomic E-state index is 13.6. The summed E-state index contributed by atoms with van der Waals surface area (Å²) in [6, 6.07) is 11.6. The zero-order valence-electron chi connectivity index (χ0n) is 13.6. The van der Waals surface area contributed by atoms with Crippen molar-refractivity contribution in [2.45, 2.75) is 6.42 Å². The molecular weight excluding hydrogens is 350 g/mol. The normalized spacial score (nSPS) is 11.5. The molecule has 1 N–H and O–H groups in total. The number of hydrogen-bond acceptors (Lipinski definition) is 3. The minimum Gasteiger partial charge on any atom is -0.322 e. The molecule has 25 heavy (non-hydrogen) atoms. The molecule has 0 saturated heterocycles. The molecule has 0 aromatic heterocycles. The van der Waals surface area contributed by atoms with E-state index in [2.05, 4.69) is 5.32 Å². The molecule has 5 nitrogen and oxygen atoms in total. The van der Waals surface area contributed by atoms with Gasteiger partial charge in [0.05, 0.1) is 18.5 Å². The number of hydrogen-bond donors (Lipinski definition) is 1. The average molecular weight is 368 g/mol. The van der Waals surface area contributed by atoms with Gasteiger partial charge in [-0.2, -0.15) is 4.31 Å². The Morgan fingerprint density at radius 3 is 2.24 bits per heavy atom. The first-order valence-corrected chi connectivity index (χ1v) is 9.35. The first-order valence-electron chi connectivity index (χ1n) is 7.50. The second kappa shape index (κ2) is 8.17. The number of sulfonamides is 1. The summed E-state index contributed by atoms with van der Waals surface area (Å²) in [6.07, 6.45) is 1.08. The maximum Gasteiger partial charge on any atom is 0.239 e. The van der Waals surface area contributed by atoms with E-state index >= 15 is 0 Å². The van der Waals surface area contributed by atoms with Gasteiger partial charge in [-0.1, -0.05) is 30.3 Å². The van der Waals surface area contributed by atoms with Crippen LogP contribution in [0.15, 0.2) is 48.5 Å². The molecule has 0 saturated carbocycles. The van der Waals surface area contributed by atoms with Gasteiger partial charge in [0.1, 0.15) is 11.6 Å². The molecule has 2 rings (SSSR count). The Hall–Kier alpha value is -2.32. The molecule has 0 heterocycles. The number of nitrogens with zero attached hydrogens (tertiary/aromatic N) is 1. The van der Waals surface area contributed by atoms with Gasteiger partial charge in [0.2, 0.25) is 15.9 Å². The first kappa shape index (κ1) is 19.0. The molecular formula is C17H18F2N2O3S. The monoisotopic (exact) mass is 368 g/mol. The van der Waals surface area contributed by atoms with Crippen LogP contribution in [-0.2, 0) is 21.2 Å². The molecule has 0 radical (unpaired) electrons. The third-order valence-corrected chi connectivity index (χ3v) is 4.78. The van der Waals surface area contributed by atoms with Gasteiger partial charge in [0.15, 0.2) is 0 Å². The van der Waals surface area contributed by atoms with Crippen molar-refractivity contribution in [3.63, 3.8) is 0 Å². The van der Waals surface area contributed by atoms with Crippen LogP contribution < -0.4 is 5.32 Å². The molecule has 0 aliphatic rings. The van der Waals surface area contributed by atoms with E-state index in [4.69, 9.17) is 0 Å². The fourth-order valence-electron chi connectivity index (χ4n) is 2.22. The summed E-state index contributed by atoms with van der Waals surface area (Å²) in [7, 11) is -3.69. The Bertz CT molecular complexity index is 856. The van der Waals surface area contributed by atoms with Crippen molar-refractivity contribution in [1.82, 2.24) is 4.31 Å². The van der Waals surface area contributed by atoms with Crippen LogP contribution in [0.5, 0.6) is 0 Å². The van der Waals surface area contributed by atoms with Crippen molar-refractivity contribution in [2.75, 3.05) is 24.7 Å². The van der Waals surface area contributed by atoms with E-state index in [-0.39, 0.29) is 18.7 Å². The number of para-hydroxylation sites is 1. The molecule has 0 unspecified atom stereocenters. The first-order chi connectivity index (χ1) is 11.8. The number of benzene rings is 2. The number of rotatable bonds is 7.